The highest BCUT2D eigenvalue weighted by atomic mass is 16.3. The zero-order valence-corrected chi connectivity index (χ0v) is 7.76. The number of ketones is 1. The van der Waals surface area contributed by atoms with Crippen molar-refractivity contribution < 1.29 is 9.90 Å². The minimum absolute atomic E-state index is 0.0612. The first-order chi connectivity index (χ1) is 5.58. The fourth-order valence-corrected chi connectivity index (χ4v) is 1.61. The highest BCUT2D eigenvalue weighted by Crippen LogP contribution is 2.32. The Morgan fingerprint density at radius 2 is 2.33 bits per heavy atom. The van der Waals surface area contributed by atoms with Gasteiger partial charge >= 0.3 is 0 Å². The molecule has 12 heavy (non-hydrogen) atoms. The highest BCUT2D eigenvalue weighted by molar-refractivity contribution is 5.94. The van der Waals surface area contributed by atoms with Crippen LogP contribution in [0.3, 0.4) is 0 Å². The molecule has 0 aromatic carbocycles. The van der Waals surface area contributed by atoms with Crippen LogP contribution < -0.4 is 0 Å². The molecular formula is C10H16O2. The summed E-state index contributed by atoms with van der Waals surface area (Å²) in [7, 11) is 0. The van der Waals surface area contributed by atoms with Gasteiger partial charge in [0.2, 0.25) is 0 Å². The third-order valence-electron chi connectivity index (χ3n) is 2.52. The van der Waals surface area contributed by atoms with Crippen molar-refractivity contribution in [2.75, 3.05) is 0 Å². The van der Waals surface area contributed by atoms with Gasteiger partial charge in [-0.2, -0.15) is 0 Å². The van der Waals surface area contributed by atoms with Gasteiger partial charge in [-0.3, -0.25) is 4.79 Å². The molecular weight excluding hydrogens is 152 g/mol. The maximum Gasteiger partial charge on any atom is 0.158 e. The zero-order chi connectivity index (χ0) is 9.19. The number of hydrogen-bond donors (Lipinski definition) is 1. The van der Waals surface area contributed by atoms with Gasteiger partial charge in [-0.15, -0.1) is 0 Å². The van der Waals surface area contributed by atoms with Crippen LogP contribution in [0.15, 0.2) is 11.6 Å². The lowest BCUT2D eigenvalue weighted by atomic mass is 9.91. The van der Waals surface area contributed by atoms with Crippen molar-refractivity contribution in [1.82, 2.24) is 0 Å². The van der Waals surface area contributed by atoms with Crippen LogP contribution in [-0.4, -0.2) is 16.5 Å². The molecule has 0 saturated heterocycles. The molecule has 2 heteroatoms. The molecule has 1 rings (SSSR count). The number of hydrogen-bond acceptors (Lipinski definition) is 2. The maximum absolute atomic E-state index is 11.0. The van der Waals surface area contributed by atoms with E-state index in [-0.39, 0.29) is 5.78 Å². The zero-order valence-electron chi connectivity index (χ0n) is 7.76. The second kappa shape index (κ2) is 3.40. The Labute approximate surface area is 73.3 Å². The second-order valence-electron chi connectivity index (χ2n) is 3.61. The van der Waals surface area contributed by atoms with E-state index in [2.05, 4.69) is 6.92 Å². The van der Waals surface area contributed by atoms with Gasteiger partial charge in [-0.25, -0.2) is 0 Å². The van der Waals surface area contributed by atoms with E-state index >= 15 is 0 Å². The van der Waals surface area contributed by atoms with Gasteiger partial charge in [0.25, 0.3) is 0 Å². The van der Waals surface area contributed by atoms with Gasteiger partial charge < -0.3 is 5.11 Å². The molecule has 0 saturated carbocycles. The summed E-state index contributed by atoms with van der Waals surface area (Å²) >= 11 is 0. The van der Waals surface area contributed by atoms with E-state index in [1.807, 2.05) is 6.92 Å². The van der Waals surface area contributed by atoms with E-state index in [4.69, 9.17) is 0 Å². The molecule has 0 radical (unpaired) electrons. The van der Waals surface area contributed by atoms with E-state index in [1.54, 1.807) is 6.08 Å². The summed E-state index contributed by atoms with van der Waals surface area (Å²) in [6, 6.07) is 0. The van der Waals surface area contributed by atoms with Crippen molar-refractivity contribution in [2.45, 2.75) is 45.1 Å². The summed E-state index contributed by atoms with van der Waals surface area (Å²) in [6.45, 7) is 3.92. The lowest BCUT2D eigenvalue weighted by molar-refractivity contribution is -0.116. The average Bonchev–Trinajstić information content (AvgIpc) is 2.23. The van der Waals surface area contributed by atoms with Crippen molar-refractivity contribution in [3.63, 3.8) is 0 Å². The molecule has 0 aliphatic heterocycles. The molecule has 2 nitrogen and oxygen atoms in total. The van der Waals surface area contributed by atoms with E-state index < -0.39 is 5.60 Å². The fraction of sp³-hybridized carbons (Fsp3) is 0.700. The van der Waals surface area contributed by atoms with E-state index in [0.717, 1.165) is 24.8 Å². The molecule has 1 aliphatic carbocycles. The quantitative estimate of drug-likeness (QED) is 0.698. The maximum atomic E-state index is 11.0. The van der Waals surface area contributed by atoms with Gasteiger partial charge in [-0.05, 0) is 25.0 Å². The van der Waals surface area contributed by atoms with Crippen LogP contribution in [-0.2, 0) is 4.79 Å². The standard InChI is InChI=1S/C10H16O2/c1-3-4-5-10(12)7-9(11)6-8(10)2/h6,12H,3-5,7H2,1-2H3. The predicted octanol–water partition coefficient (Wildman–Crippen LogP) is 1.83. The molecule has 1 N–H and O–H groups in total. The Morgan fingerprint density at radius 1 is 1.67 bits per heavy atom. The first kappa shape index (κ1) is 9.46. The molecule has 0 aromatic heterocycles. The van der Waals surface area contributed by atoms with Gasteiger partial charge in [0.05, 0.1) is 5.60 Å². The van der Waals surface area contributed by atoms with E-state index in [9.17, 15) is 9.90 Å². The normalized spacial score (nSPS) is 29.2. The van der Waals surface area contributed by atoms with Crippen LogP contribution in [0.1, 0.15) is 39.5 Å². The smallest absolute Gasteiger partial charge is 0.158 e. The number of unbranched alkanes of at least 4 members (excludes halogenated alkanes) is 1. The molecule has 0 amide bonds. The first-order valence-corrected chi connectivity index (χ1v) is 4.52. The Kier molecular flexibility index (Phi) is 2.68. The summed E-state index contributed by atoms with van der Waals surface area (Å²) in [6.07, 6.45) is 4.62. The van der Waals surface area contributed by atoms with E-state index in [1.165, 1.54) is 0 Å². The Morgan fingerprint density at radius 3 is 2.75 bits per heavy atom. The number of rotatable bonds is 3. The largest absolute Gasteiger partial charge is 0.385 e. The van der Waals surface area contributed by atoms with Crippen molar-refractivity contribution in [3.05, 3.63) is 11.6 Å². The topological polar surface area (TPSA) is 37.3 Å². The monoisotopic (exact) mass is 168 g/mol. The highest BCUT2D eigenvalue weighted by Gasteiger charge is 2.35. The minimum atomic E-state index is -0.812. The summed E-state index contributed by atoms with van der Waals surface area (Å²) in [5.41, 5.74) is 0.0218. The molecule has 1 aliphatic rings. The van der Waals surface area contributed by atoms with Gasteiger partial charge in [0.1, 0.15) is 0 Å². The molecule has 0 bridgehead atoms. The van der Waals surface area contributed by atoms with Crippen LogP contribution in [0.5, 0.6) is 0 Å². The molecule has 68 valence electrons. The molecule has 1 unspecified atom stereocenters. The number of carbonyl (C=O) groups is 1. The fourth-order valence-electron chi connectivity index (χ4n) is 1.61. The van der Waals surface area contributed by atoms with Crippen molar-refractivity contribution in [1.29, 1.82) is 0 Å². The van der Waals surface area contributed by atoms with Crippen LogP contribution in [0.4, 0.5) is 0 Å². The third kappa shape index (κ3) is 1.75. The lowest BCUT2D eigenvalue weighted by Gasteiger charge is -2.23. The lowest BCUT2D eigenvalue weighted by Crippen LogP contribution is -2.27. The Balaban J connectivity index is 2.61. The number of allylic oxidation sites excluding steroid dienone is 1. The van der Waals surface area contributed by atoms with Crippen LogP contribution in [0.25, 0.3) is 0 Å². The number of carbonyl (C=O) groups excluding carboxylic acids is 1. The van der Waals surface area contributed by atoms with Gasteiger partial charge in [0, 0.05) is 6.42 Å². The summed E-state index contributed by atoms with van der Waals surface area (Å²) in [5.74, 6) is 0.0612. The minimum Gasteiger partial charge on any atom is -0.385 e. The van der Waals surface area contributed by atoms with Crippen LogP contribution in [0, 0.1) is 0 Å². The van der Waals surface area contributed by atoms with Crippen molar-refractivity contribution >= 4 is 5.78 Å². The van der Waals surface area contributed by atoms with Crippen molar-refractivity contribution in [2.24, 2.45) is 0 Å². The second-order valence-corrected chi connectivity index (χ2v) is 3.61. The van der Waals surface area contributed by atoms with Crippen molar-refractivity contribution in [3.8, 4) is 0 Å². The summed E-state index contributed by atoms with van der Waals surface area (Å²) in [4.78, 5) is 11.0. The molecule has 0 aromatic rings. The SMILES string of the molecule is CCCCC1(O)CC(=O)C=C1C. The Hall–Kier alpha value is -0.630. The average molecular weight is 168 g/mol. The van der Waals surface area contributed by atoms with E-state index in [0.29, 0.717) is 6.42 Å². The van der Waals surface area contributed by atoms with Crippen LogP contribution >= 0.6 is 0 Å². The summed E-state index contributed by atoms with van der Waals surface area (Å²) in [5, 5.41) is 9.97. The molecule has 1 atom stereocenters. The van der Waals surface area contributed by atoms with Gasteiger partial charge in [-0.1, -0.05) is 19.8 Å². The Bertz CT molecular complexity index is 218. The van der Waals surface area contributed by atoms with Crippen LogP contribution in [0.2, 0.25) is 0 Å². The third-order valence-corrected chi connectivity index (χ3v) is 2.52. The number of aliphatic hydroxyl groups is 1. The predicted molar refractivity (Wildman–Crippen MR) is 47.9 cm³/mol. The van der Waals surface area contributed by atoms with Gasteiger partial charge in [0.15, 0.2) is 5.78 Å². The first-order valence-electron chi connectivity index (χ1n) is 4.52. The molecule has 0 heterocycles. The molecule has 0 spiro atoms. The molecule has 0 fully saturated rings. The summed E-state index contributed by atoms with van der Waals surface area (Å²) < 4.78 is 0.